The summed E-state index contributed by atoms with van der Waals surface area (Å²) >= 11 is 0. The third kappa shape index (κ3) is 7.02. The lowest BCUT2D eigenvalue weighted by Crippen LogP contribution is -2.37. The van der Waals surface area contributed by atoms with Crippen LogP contribution in [0.3, 0.4) is 0 Å². The maximum absolute atomic E-state index is 14.3. The molecule has 3 aromatic rings. The molecule has 1 amide bonds. The highest BCUT2D eigenvalue weighted by Gasteiger charge is 2.32. The number of allylic oxidation sites excluding steroid dienone is 1. The van der Waals surface area contributed by atoms with Crippen LogP contribution in [0.5, 0.6) is 0 Å². The van der Waals surface area contributed by atoms with Gasteiger partial charge < -0.3 is 19.3 Å². The minimum absolute atomic E-state index is 0.175. The Hall–Kier alpha value is -4.11. The Bertz CT molecular complexity index is 1450. The number of rotatable bonds is 10. The first-order valence-corrected chi connectivity index (χ1v) is 14.2. The van der Waals surface area contributed by atoms with Crippen LogP contribution in [0.4, 0.5) is 8.78 Å². The summed E-state index contributed by atoms with van der Waals surface area (Å²) in [5.41, 5.74) is 3.30. The van der Waals surface area contributed by atoms with E-state index in [4.69, 9.17) is 0 Å². The van der Waals surface area contributed by atoms with Crippen LogP contribution >= 0.6 is 0 Å². The quantitative estimate of drug-likeness (QED) is 0.229. The number of hydrogen-bond acceptors (Lipinski definition) is 5. The van der Waals surface area contributed by atoms with Gasteiger partial charge in [-0.15, -0.1) is 0 Å². The maximum atomic E-state index is 14.3. The molecule has 0 aliphatic carbocycles. The number of aliphatic hydroxyl groups is 1. The Kier molecular flexibility index (Phi) is 10.1. The normalized spacial score (nSPS) is 14.4. The Morgan fingerprint density at radius 3 is 1.95 bits per heavy atom. The van der Waals surface area contributed by atoms with Gasteiger partial charge in [0.2, 0.25) is 0 Å². The largest absolute Gasteiger partial charge is 0.469 e. The van der Waals surface area contributed by atoms with Gasteiger partial charge in [0.1, 0.15) is 17.3 Å². The molecule has 0 bridgehead atoms. The topological polar surface area (TPSA) is 88.8 Å². The number of methoxy groups -OCH3 is 1. The first-order valence-electron chi connectivity index (χ1n) is 14.2. The highest BCUT2D eigenvalue weighted by Crippen LogP contribution is 2.43. The van der Waals surface area contributed by atoms with Gasteiger partial charge in [0.25, 0.3) is 5.91 Å². The van der Waals surface area contributed by atoms with E-state index in [9.17, 15) is 28.3 Å². The summed E-state index contributed by atoms with van der Waals surface area (Å²) in [6, 6.07) is 11.5. The van der Waals surface area contributed by atoms with E-state index in [1.54, 1.807) is 30.3 Å². The smallest absolute Gasteiger partial charge is 0.308 e. The molecule has 2 aromatic carbocycles. The Morgan fingerprint density at radius 1 is 0.881 bits per heavy atom. The number of aromatic nitrogens is 1. The number of halogens is 2. The molecular formula is C33H36F2N2O5. The van der Waals surface area contributed by atoms with E-state index in [0.29, 0.717) is 46.7 Å². The summed E-state index contributed by atoms with van der Waals surface area (Å²) in [6.07, 6.45) is 3.89. The van der Waals surface area contributed by atoms with Crippen molar-refractivity contribution in [3.05, 3.63) is 77.6 Å². The van der Waals surface area contributed by atoms with Gasteiger partial charge in [-0.25, -0.2) is 8.78 Å². The number of likely N-dealkylation sites (tertiary alicyclic amines) is 1. The van der Waals surface area contributed by atoms with Crippen LogP contribution in [0.2, 0.25) is 0 Å². The van der Waals surface area contributed by atoms with Crippen molar-refractivity contribution in [2.24, 2.45) is 0 Å². The standard InChI is InChI=1S/C33H36F2N2O5/c1-21(2)37-28(16-15-26(38)19-27(39)20-29(40)42-3)30(22-7-11-24(34)12-8-22)31(23-9-13-25(35)14-10-23)32(37)33(41)36-17-5-4-6-18-36/h7-16,21,27,39H,4-6,17-20H2,1-3H3. The minimum atomic E-state index is -1.21. The molecule has 42 heavy (non-hydrogen) atoms. The van der Waals surface area contributed by atoms with Gasteiger partial charge >= 0.3 is 5.97 Å². The van der Waals surface area contributed by atoms with Crippen LogP contribution < -0.4 is 0 Å². The molecule has 1 atom stereocenters. The van der Waals surface area contributed by atoms with Crippen LogP contribution in [0.25, 0.3) is 28.3 Å². The van der Waals surface area contributed by atoms with Crippen molar-refractivity contribution in [1.29, 1.82) is 0 Å². The zero-order valence-electron chi connectivity index (χ0n) is 24.1. The van der Waals surface area contributed by atoms with E-state index in [-0.39, 0.29) is 24.8 Å². The molecule has 4 rings (SSSR count). The number of carbonyl (C=O) groups is 3. The average molecular weight is 579 g/mol. The number of ketones is 1. The van der Waals surface area contributed by atoms with Gasteiger partial charge in [-0.3, -0.25) is 14.4 Å². The second kappa shape index (κ2) is 13.7. The number of ether oxygens (including phenoxy) is 1. The van der Waals surface area contributed by atoms with E-state index in [1.165, 1.54) is 37.5 Å². The predicted molar refractivity (Wildman–Crippen MR) is 157 cm³/mol. The Labute approximate surface area is 244 Å². The van der Waals surface area contributed by atoms with Crippen molar-refractivity contribution in [1.82, 2.24) is 9.47 Å². The molecule has 1 aliphatic rings. The van der Waals surface area contributed by atoms with Gasteiger partial charge in [-0.05, 0) is 80.7 Å². The lowest BCUT2D eigenvalue weighted by molar-refractivity contribution is -0.143. The zero-order valence-corrected chi connectivity index (χ0v) is 24.1. The van der Waals surface area contributed by atoms with Crippen LogP contribution in [-0.4, -0.2) is 58.5 Å². The van der Waals surface area contributed by atoms with E-state index >= 15 is 0 Å². The molecule has 0 saturated carbocycles. The van der Waals surface area contributed by atoms with Crippen molar-refractivity contribution in [2.45, 2.75) is 58.1 Å². The highest BCUT2D eigenvalue weighted by molar-refractivity contribution is 6.07. The molecule has 9 heteroatoms. The maximum Gasteiger partial charge on any atom is 0.308 e. The molecule has 1 aromatic heterocycles. The van der Waals surface area contributed by atoms with Crippen molar-refractivity contribution < 1.29 is 33.0 Å². The van der Waals surface area contributed by atoms with Crippen molar-refractivity contribution in [3.8, 4) is 22.3 Å². The first-order chi connectivity index (χ1) is 20.1. The van der Waals surface area contributed by atoms with Crippen molar-refractivity contribution in [2.75, 3.05) is 20.2 Å². The molecule has 1 unspecified atom stereocenters. The van der Waals surface area contributed by atoms with Crippen molar-refractivity contribution in [3.63, 3.8) is 0 Å². The second-order valence-electron chi connectivity index (χ2n) is 10.8. The van der Waals surface area contributed by atoms with E-state index in [0.717, 1.165) is 19.3 Å². The molecule has 0 radical (unpaired) electrons. The number of aliphatic hydroxyl groups excluding tert-OH is 1. The fourth-order valence-corrected chi connectivity index (χ4v) is 5.39. The summed E-state index contributed by atoms with van der Waals surface area (Å²) < 4.78 is 34.5. The van der Waals surface area contributed by atoms with Crippen molar-refractivity contribution >= 4 is 23.7 Å². The molecule has 1 N–H and O–H groups in total. The summed E-state index contributed by atoms with van der Waals surface area (Å²) in [5, 5.41) is 10.2. The average Bonchev–Trinajstić information content (AvgIpc) is 3.32. The molecule has 1 saturated heterocycles. The number of esters is 1. The molecular weight excluding hydrogens is 542 g/mol. The molecule has 7 nitrogen and oxygen atoms in total. The van der Waals surface area contributed by atoms with Crippen LogP contribution in [0.1, 0.15) is 68.2 Å². The van der Waals surface area contributed by atoms with Crippen LogP contribution in [0, 0.1) is 11.6 Å². The summed E-state index contributed by atoms with van der Waals surface area (Å²) in [6.45, 7) is 5.07. The minimum Gasteiger partial charge on any atom is -0.469 e. The van der Waals surface area contributed by atoms with E-state index in [2.05, 4.69) is 4.74 Å². The lowest BCUT2D eigenvalue weighted by atomic mass is 9.94. The highest BCUT2D eigenvalue weighted by atomic mass is 19.1. The van der Waals surface area contributed by atoms with Crippen LogP contribution in [-0.2, 0) is 14.3 Å². The fraction of sp³-hybridized carbons (Fsp3) is 0.364. The molecule has 222 valence electrons. The van der Waals surface area contributed by atoms with Crippen LogP contribution in [0.15, 0.2) is 54.6 Å². The van der Waals surface area contributed by atoms with Gasteiger partial charge in [0, 0.05) is 36.7 Å². The summed E-state index contributed by atoms with van der Waals surface area (Å²) in [5.74, 6) is -2.09. The molecule has 2 heterocycles. The lowest BCUT2D eigenvalue weighted by Gasteiger charge is -2.28. The fourth-order valence-electron chi connectivity index (χ4n) is 5.39. The Balaban J connectivity index is 1.95. The second-order valence-corrected chi connectivity index (χ2v) is 10.8. The number of hydrogen-bond donors (Lipinski definition) is 1. The number of piperidine rings is 1. The van der Waals surface area contributed by atoms with E-state index < -0.39 is 29.5 Å². The molecule has 1 fully saturated rings. The monoisotopic (exact) mass is 578 g/mol. The summed E-state index contributed by atoms with van der Waals surface area (Å²) in [4.78, 5) is 40.5. The molecule has 0 spiro atoms. The predicted octanol–water partition coefficient (Wildman–Crippen LogP) is 6.20. The van der Waals surface area contributed by atoms with E-state index in [1.807, 2.05) is 23.3 Å². The summed E-state index contributed by atoms with van der Waals surface area (Å²) in [7, 11) is 1.20. The molecule has 1 aliphatic heterocycles. The number of benzene rings is 2. The van der Waals surface area contributed by atoms with Gasteiger partial charge in [-0.1, -0.05) is 24.3 Å². The Morgan fingerprint density at radius 2 is 1.43 bits per heavy atom. The van der Waals surface area contributed by atoms with Gasteiger partial charge in [0.15, 0.2) is 5.78 Å². The number of carbonyl (C=O) groups excluding carboxylic acids is 3. The zero-order chi connectivity index (χ0) is 30.4. The SMILES string of the molecule is COC(=O)CC(O)CC(=O)C=Cc1c(-c2ccc(F)cc2)c(-c2ccc(F)cc2)c(C(=O)N2CCCCC2)n1C(C)C. The van der Waals surface area contributed by atoms with Gasteiger partial charge in [-0.2, -0.15) is 0 Å². The third-order valence-corrected chi connectivity index (χ3v) is 7.37. The number of nitrogens with zero attached hydrogens (tertiary/aromatic N) is 2. The first kappa shape index (κ1) is 30.8. The number of amides is 1. The third-order valence-electron chi connectivity index (χ3n) is 7.37. The van der Waals surface area contributed by atoms with Gasteiger partial charge in [0.05, 0.1) is 25.3 Å².